The maximum absolute atomic E-state index is 5.66. The van der Waals surface area contributed by atoms with Crippen LogP contribution in [0.2, 0.25) is 0 Å². The first-order chi connectivity index (χ1) is 7.33. The van der Waals surface area contributed by atoms with E-state index < -0.39 is 0 Å². The minimum Gasteiger partial charge on any atom is -0.376 e. The summed E-state index contributed by atoms with van der Waals surface area (Å²) in [6.45, 7) is 4.82. The molecule has 0 amide bonds. The van der Waals surface area contributed by atoms with Crippen LogP contribution in [-0.2, 0) is 4.74 Å². The van der Waals surface area contributed by atoms with Gasteiger partial charge in [0.05, 0.1) is 12.1 Å². The van der Waals surface area contributed by atoms with Crippen molar-refractivity contribution >= 4 is 0 Å². The summed E-state index contributed by atoms with van der Waals surface area (Å²) in [5.41, 5.74) is 4.00. The molecular weight excluding hydrogens is 188 g/mol. The lowest BCUT2D eigenvalue weighted by atomic mass is 10.0. The van der Waals surface area contributed by atoms with Gasteiger partial charge < -0.3 is 4.74 Å². The van der Waals surface area contributed by atoms with Crippen LogP contribution in [0.25, 0.3) is 0 Å². The van der Waals surface area contributed by atoms with Gasteiger partial charge in [0.2, 0.25) is 0 Å². The summed E-state index contributed by atoms with van der Waals surface area (Å²) < 4.78 is 5.66. The molecule has 3 heteroatoms. The standard InChI is InChI=1S/C12H20N2O/c1-3-11(15-4-2)12(14-13)10-8-6-5-7-9-10/h5-9,11-12,14H,3-4,13H2,1-2H3. The van der Waals surface area contributed by atoms with Crippen LogP contribution in [0.3, 0.4) is 0 Å². The lowest BCUT2D eigenvalue weighted by Crippen LogP contribution is -2.37. The van der Waals surface area contributed by atoms with Crippen LogP contribution in [0.15, 0.2) is 30.3 Å². The van der Waals surface area contributed by atoms with E-state index in [2.05, 4.69) is 24.5 Å². The fourth-order valence-electron chi connectivity index (χ4n) is 1.74. The van der Waals surface area contributed by atoms with Gasteiger partial charge in [-0.25, -0.2) is 0 Å². The van der Waals surface area contributed by atoms with Gasteiger partial charge in [0.1, 0.15) is 0 Å². The zero-order chi connectivity index (χ0) is 11.1. The average Bonchev–Trinajstić information content (AvgIpc) is 2.30. The summed E-state index contributed by atoms with van der Waals surface area (Å²) in [6.07, 6.45) is 1.07. The van der Waals surface area contributed by atoms with Gasteiger partial charge in [-0.05, 0) is 18.9 Å². The second kappa shape index (κ2) is 6.56. The average molecular weight is 208 g/mol. The molecule has 2 unspecified atom stereocenters. The van der Waals surface area contributed by atoms with Crippen molar-refractivity contribution in [3.8, 4) is 0 Å². The maximum atomic E-state index is 5.66. The van der Waals surface area contributed by atoms with Crippen molar-refractivity contribution < 1.29 is 4.74 Å². The summed E-state index contributed by atoms with van der Waals surface area (Å²) >= 11 is 0. The first kappa shape index (κ1) is 12.2. The highest BCUT2D eigenvalue weighted by atomic mass is 16.5. The minimum absolute atomic E-state index is 0.0659. The van der Waals surface area contributed by atoms with Crippen LogP contribution in [0.1, 0.15) is 31.9 Å². The van der Waals surface area contributed by atoms with Gasteiger partial charge in [-0.15, -0.1) is 0 Å². The van der Waals surface area contributed by atoms with Gasteiger partial charge in [-0.3, -0.25) is 11.3 Å². The third-order valence-electron chi connectivity index (χ3n) is 2.49. The number of ether oxygens (including phenoxy) is 1. The van der Waals surface area contributed by atoms with Crippen molar-refractivity contribution in [2.45, 2.75) is 32.4 Å². The van der Waals surface area contributed by atoms with Crippen molar-refractivity contribution in [3.63, 3.8) is 0 Å². The Hall–Kier alpha value is -0.900. The third kappa shape index (κ3) is 3.30. The van der Waals surface area contributed by atoms with E-state index in [1.54, 1.807) is 0 Å². The van der Waals surface area contributed by atoms with Crippen molar-refractivity contribution in [1.82, 2.24) is 5.43 Å². The molecule has 0 bridgehead atoms. The van der Waals surface area contributed by atoms with Crippen LogP contribution in [0, 0.1) is 0 Å². The van der Waals surface area contributed by atoms with Crippen molar-refractivity contribution in [2.75, 3.05) is 6.61 Å². The summed E-state index contributed by atoms with van der Waals surface area (Å²) in [5, 5.41) is 0. The number of hydrazine groups is 1. The van der Waals surface area contributed by atoms with E-state index in [1.165, 1.54) is 5.56 Å². The Labute approximate surface area is 91.6 Å². The minimum atomic E-state index is 0.0659. The molecular formula is C12H20N2O. The SMILES string of the molecule is CCOC(CC)C(NN)c1ccccc1. The zero-order valence-corrected chi connectivity index (χ0v) is 9.44. The number of benzene rings is 1. The summed E-state index contributed by atoms with van der Waals surface area (Å²) in [7, 11) is 0. The first-order valence-corrected chi connectivity index (χ1v) is 5.46. The molecule has 1 aromatic carbocycles. The molecule has 15 heavy (non-hydrogen) atoms. The normalized spacial score (nSPS) is 14.9. The van der Waals surface area contributed by atoms with E-state index >= 15 is 0 Å². The molecule has 0 aliphatic heterocycles. The predicted molar refractivity (Wildman–Crippen MR) is 62.2 cm³/mol. The molecule has 1 rings (SSSR count). The highest BCUT2D eigenvalue weighted by Crippen LogP contribution is 2.20. The molecule has 0 radical (unpaired) electrons. The van der Waals surface area contributed by atoms with E-state index in [0.29, 0.717) is 6.61 Å². The van der Waals surface area contributed by atoms with E-state index in [0.717, 1.165) is 6.42 Å². The number of nitrogens with one attached hydrogen (secondary N) is 1. The Bertz CT molecular complexity index is 264. The maximum Gasteiger partial charge on any atom is 0.0779 e. The molecule has 0 aromatic heterocycles. The van der Waals surface area contributed by atoms with Crippen molar-refractivity contribution in [3.05, 3.63) is 35.9 Å². The predicted octanol–water partition coefficient (Wildman–Crippen LogP) is 2.01. The zero-order valence-electron chi connectivity index (χ0n) is 9.44. The number of rotatable bonds is 6. The lowest BCUT2D eigenvalue weighted by Gasteiger charge is -2.25. The van der Waals surface area contributed by atoms with E-state index in [-0.39, 0.29) is 12.1 Å². The molecule has 1 aromatic rings. The van der Waals surface area contributed by atoms with Gasteiger partial charge in [0.25, 0.3) is 0 Å². The third-order valence-corrected chi connectivity index (χ3v) is 2.49. The van der Waals surface area contributed by atoms with Gasteiger partial charge in [-0.2, -0.15) is 0 Å². The Morgan fingerprint density at radius 1 is 1.27 bits per heavy atom. The molecule has 0 saturated heterocycles. The Kier molecular flexibility index (Phi) is 5.32. The number of hydrogen-bond donors (Lipinski definition) is 2. The van der Waals surface area contributed by atoms with Crippen LogP contribution in [-0.4, -0.2) is 12.7 Å². The molecule has 0 saturated carbocycles. The molecule has 0 fully saturated rings. The fourth-order valence-corrected chi connectivity index (χ4v) is 1.74. The van der Waals surface area contributed by atoms with E-state index in [9.17, 15) is 0 Å². The summed E-state index contributed by atoms with van der Waals surface area (Å²) in [4.78, 5) is 0. The quantitative estimate of drug-likeness (QED) is 0.555. The molecule has 0 heterocycles. The first-order valence-electron chi connectivity index (χ1n) is 5.46. The molecule has 0 aliphatic carbocycles. The highest BCUT2D eigenvalue weighted by molar-refractivity contribution is 5.19. The second-order valence-corrected chi connectivity index (χ2v) is 3.46. The lowest BCUT2D eigenvalue weighted by molar-refractivity contribution is 0.0314. The van der Waals surface area contributed by atoms with Gasteiger partial charge in [0.15, 0.2) is 0 Å². The summed E-state index contributed by atoms with van der Waals surface area (Å²) in [6, 6.07) is 10.2. The molecule has 0 spiro atoms. The highest BCUT2D eigenvalue weighted by Gasteiger charge is 2.20. The van der Waals surface area contributed by atoms with E-state index in [1.807, 2.05) is 25.1 Å². The van der Waals surface area contributed by atoms with Gasteiger partial charge in [-0.1, -0.05) is 37.3 Å². The Morgan fingerprint density at radius 2 is 1.93 bits per heavy atom. The van der Waals surface area contributed by atoms with Crippen molar-refractivity contribution in [1.29, 1.82) is 0 Å². The monoisotopic (exact) mass is 208 g/mol. The topological polar surface area (TPSA) is 47.3 Å². The summed E-state index contributed by atoms with van der Waals surface area (Å²) in [5.74, 6) is 5.58. The van der Waals surface area contributed by atoms with Gasteiger partial charge >= 0.3 is 0 Å². The smallest absolute Gasteiger partial charge is 0.0779 e. The van der Waals surface area contributed by atoms with Crippen molar-refractivity contribution in [2.24, 2.45) is 5.84 Å². The number of nitrogens with two attached hydrogens (primary N) is 1. The van der Waals surface area contributed by atoms with Gasteiger partial charge in [0, 0.05) is 6.61 Å². The van der Waals surface area contributed by atoms with Crippen LogP contribution < -0.4 is 11.3 Å². The van der Waals surface area contributed by atoms with Crippen LogP contribution in [0.5, 0.6) is 0 Å². The van der Waals surface area contributed by atoms with E-state index in [4.69, 9.17) is 10.6 Å². The molecule has 84 valence electrons. The number of hydrogen-bond acceptors (Lipinski definition) is 3. The largest absolute Gasteiger partial charge is 0.376 e. The van der Waals surface area contributed by atoms with Crippen LogP contribution >= 0.6 is 0 Å². The second-order valence-electron chi connectivity index (χ2n) is 3.46. The fraction of sp³-hybridized carbons (Fsp3) is 0.500. The molecule has 3 N–H and O–H groups in total. The Morgan fingerprint density at radius 3 is 2.40 bits per heavy atom. The molecule has 2 atom stereocenters. The molecule has 3 nitrogen and oxygen atoms in total. The molecule has 0 aliphatic rings. The Balaban J connectivity index is 2.77. The van der Waals surface area contributed by atoms with Crippen LogP contribution in [0.4, 0.5) is 0 Å².